The minimum atomic E-state index is -0.127. The van der Waals surface area contributed by atoms with E-state index in [-0.39, 0.29) is 23.0 Å². The van der Waals surface area contributed by atoms with E-state index < -0.39 is 0 Å². The lowest BCUT2D eigenvalue weighted by molar-refractivity contribution is 0.0693. The summed E-state index contributed by atoms with van der Waals surface area (Å²) in [6.45, 7) is 3.07. The number of likely N-dealkylation sites (tertiary alicyclic amines) is 1. The first-order valence-electron chi connectivity index (χ1n) is 8.15. The molecule has 0 aliphatic carbocycles. The van der Waals surface area contributed by atoms with Crippen molar-refractivity contribution in [1.82, 2.24) is 15.2 Å². The van der Waals surface area contributed by atoms with Crippen LogP contribution in [0.25, 0.3) is 0 Å². The predicted octanol–water partition coefficient (Wildman–Crippen LogP) is 3.66. The van der Waals surface area contributed by atoms with Crippen LogP contribution in [0.1, 0.15) is 39.3 Å². The standard InChI is InChI=1S/C18H19Cl2N3O2/c1-11-4-2-3-5-13(11)17(24)21-12-6-8-23(9-7-12)18(25)15-10-14(19)16(20)22-15/h2-5,10,12,22H,6-9H2,1H3,(H,21,24). The van der Waals surface area contributed by atoms with Crippen LogP contribution in [0.5, 0.6) is 0 Å². The highest BCUT2D eigenvalue weighted by Crippen LogP contribution is 2.23. The highest BCUT2D eigenvalue weighted by molar-refractivity contribution is 6.41. The molecule has 132 valence electrons. The third-order valence-electron chi connectivity index (χ3n) is 4.46. The fraction of sp³-hybridized carbons (Fsp3) is 0.333. The molecule has 7 heteroatoms. The maximum absolute atomic E-state index is 12.5. The predicted molar refractivity (Wildman–Crippen MR) is 98.4 cm³/mol. The van der Waals surface area contributed by atoms with Gasteiger partial charge in [-0.15, -0.1) is 0 Å². The molecule has 0 saturated carbocycles. The van der Waals surface area contributed by atoms with Crippen LogP contribution in [-0.4, -0.2) is 40.8 Å². The lowest BCUT2D eigenvalue weighted by Crippen LogP contribution is -2.46. The van der Waals surface area contributed by atoms with Crippen molar-refractivity contribution in [3.63, 3.8) is 0 Å². The van der Waals surface area contributed by atoms with E-state index in [2.05, 4.69) is 10.3 Å². The van der Waals surface area contributed by atoms with Crippen molar-refractivity contribution in [2.24, 2.45) is 0 Å². The van der Waals surface area contributed by atoms with Crippen molar-refractivity contribution >= 4 is 35.0 Å². The second-order valence-electron chi connectivity index (χ2n) is 6.20. The Hall–Kier alpha value is -1.98. The third-order valence-corrected chi connectivity index (χ3v) is 5.16. The summed E-state index contributed by atoms with van der Waals surface area (Å²) in [4.78, 5) is 29.4. The molecule has 0 radical (unpaired) electrons. The van der Waals surface area contributed by atoms with E-state index >= 15 is 0 Å². The molecule has 1 aromatic carbocycles. The van der Waals surface area contributed by atoms with Crippen LogP contribution in [-0.2, 0) is 0 Å². The summed E-state index contributed by atoms with van der Waals surface area (Å²) in [5.41, 5.74) is 2.03. The molecular weight excluding hydrogens is 361 g/mol. The number of rotatable bonds is 3. The van der Waals surface area contributed by atoms with Gasteiger partial charge in [0.2, 0.25) is 0 Å². The molecule has 1 aromatic heterocycles. The van der Waals surface area contributed by atoms with Crippen LogP contribution in [0, 0.1) is 6.92 Å². The summed E-state index contributed by atoms with van der Waals surface area (Å²) in [5, 5.41) is 3.67. The Kier molecular flexibility index (Phi) is 5.35. The smallest absolute Gasteiger partial charge is 0.270 e. The zero-order valence-electron chi connectivity index (χ0n) is 13.8. The van der Waals surface area contributed by atoms with E-state index in [0.717, 1.165) is 5.56 Å². The highest BCUT2D eigenvalue weighted by atomic mass is 35.5. The average Bonchev–Trinajstić information content (AvgIpc) is 2.94. The number of carbonyl (C=O) groups excluding carboxylic acids is 2. The Bertz CT molecular complexity index is 776. The molecule has 2 N–H and O–H groups in total. The highest BCUT2D eigenvalue weighted by Gasteiger charge is 2.26. The van der Waals surface area contributed by atoms with Gasteiger partial charge in [0, 0.05) is 24.7 Å². The van der Waals surface area contributed by atoms with Gasteiger partial charge in [-0.3, -0.25) is 9.59 Å². The number of aromatic amines is 1. The van der Waals surface area contributed by atoms with Gasteiger partial charge in [-0.2, -0.15) is 0 Å². The SMILES string of the molecule is Cc1ccccc1C(=O)NC1CCN(C(=O)c2cc(Cl)c(Cl)[nH]2)CC1. The first kappa shape index (κ1) is 17.8. The zero-order valence-corrected chi connectivity index (χ0v) is 15.3. The first-order chi connectivity index (χ1) is 12.0. The van der Waals surface area contributed by atoms with Gasteiger partial charge in [0.15, 0.2) is 0 Å². The van der Waals surface area contributed by atoms with Crippen molar-refractivity contribution in [3.8, 4) is 0 Å². The molecular formula is C18H19Cl2N3O2. The summed E-state index contributed by atoms with van der Waals surface area (Å²) < 4.78 is 0. The number of benzene rings is 1. The molecule has 2 aromatic rings. The molecule has 2 heterocycles. The van der Waals surface area contributed by atoms with Gasteiger partial charge < -0.3 is 15.2 Å². The molecule has 1 aliphatic heterocycles. The number of H-pyrrole nitrogens is 1. The van der Waals surface area contributed by atoms with Gasteiger partial charge in [0.05, 0.1) is 5.02 Å². The number of piperidine rings is 1. The Morgan fingerprint density at radius 2 is 1.88 bits per heavy atom. The van der Waals surface area contributed by atoms with Gasteiger partial charge in [-0.05, 0) is 37.5 Å². The van der Waals surface area contributed by atoms with Gasteiger partial charge in [-0.25, -0.2) is 0 Å². The molecule has 1 saturated heterocycles. The van der Waals surface area contributed by atoms with Crippen molar-refractivity contribution < 1.29 is 9.59 Å². The fourth-order valence-corrected chi connectivity index (χ4v) is 3.32. The largest absolute Gasteiger partial charge is 0.349 e. The molecule has 0 atom stereocenters. The van der Waals surface area contributed by atoms with Crippen LogP contribution in [0.3, 0.4) is 0 Å². The van der Waals surface area contributed by atoms with Crippen LogP contribution in [0.4, 0.5) is 0 Å². The maximum Gasteiger partial charge on any atom is 0.270 e. The van der Waals surface area contributed by atoms with Gasteiger partial charge in [-0.1, -0.05) is 41.4 Å². The fourth-order valence-electron chi connectivity index (χ4n) is 3.01. The number of nitrogens with one attached hydrogen (secondary N) is 2. The maximum atomic E-state index is 12.5. The van der Waals surface area contributed by atoms with Crippen LogP contribution >= 0.6 is 23.2 Å². The number of aromatic nitrogens is 1. The minimum absolute atomic E-state index is 0.0620. The number of hydrogen-bond acceptors (Lipinski definition) is 2. The third kappa shape index (κ3) is 3.99. The average molecular weight is 380 g/mol. The number of halogens is 2. The Morgan fingerprint density at radius 1 is 1.20 bits per heavy atom. The van der Waals surface area contributed by atoms with E-state index in [4.69, 9.17) is 23.2 Å². The van der Waals surface area contributed by atoms with Crippen LogP contribution in [0.15, 0.2) is 30.3 Å². The van der Waals surface area contributed by atoms with E-state index in [1.165, 1.54) is 6.07 Å². The van der Waals surface area contributed by atoms with Gasteiger partial charge in [0.1, 0.15) is 10.8 Å². The van der Waals surface area contributed by atoms with E-state index in [9.17, 15) is 9.59 Å². The van der Waals surface area contributed by atoms with E-state index in [1.54, 1.807) is 4.90 Å². The van der Waals surface area contributed by atoms with Crippen LogP contribution < -0.4 is 5.32 Å². The lowest BCUT2D eigenvalue weighted by atomic mass is 10.0. The summed E-state index contributed by atoms with van der Waals surface area (Å²) in [6, 6.07) is 9.11. The summed E-state index contributed by atoms with van der Waals surface area (Å²) in [5.74, 6) is -0.191. The second kappa shape index (κ2) is 7.50. The Morgan fingerprint density at radius 3 is 2.48 bits per heavy atom. The van der Waals surface area contributed by atoms with E-state index in [0.29, 0.717) is 42.2 Å². The number of amides is 2. The first-order valence-corrected chi connectivity index (χ1v) is 8.91. The number of carbonyl (C=O) groups is 2. The summed E-state index contributed by atoms with van der Waals surface area (Å²) in [7, 11) is 0. The Balaban J connectivity index is 1.56. The quantitative estimate of drug-likeness (QED) is 0.854. The van der Waals surface area contributed by atoms with Crippen molar-refractivity contribution in [1.29, 1.82) is 0 Å². The van der Waals surface area contributed by atoms with Crippen molar-refractivity contribution in [2.75, 3.05) is 13.1 Å². The van der Waals surface area contributed by atoms with E-state index in [1.807, 2.05) is 31.2 Å². The number of aryl methyl sites for hydroxylation is 1. The molecule has 1 aliphatic rings. The normalized spacial score (nSPS) is 15.2. The van der Waals surface area contributed by atoms with Gasteiger partial charge in [0.25, 0.3) is 11.8 Å². The minimum Gasteiger partial charge on any atom is -0.349 e. The van der Waals surface area contributed by atoms with Crippen molar-refractivity contribution in [2.45, 2.75) is 25.8 Å². The molecule has 25 heavy (non-hydrogen) atoms. The molecule has 5 nitrogen and oxygen atoms in total. The molecule has 0 unspecified atom stereocenters. The van der Waals surface area contributed by atoms with Crippen LogP contribution in [0.2, 0.25) is 10.2 Å². The van der Waals surface area contributed by atoms with Gasteiger partial charge >= 0.3 is 0 Å². The zero-order chi connectivity index (χ0) is 18.0. The lowest BCUT2D eigenvalue weighted by Gasteiger charge is -2.32. The summed E-state index contributed by atoms with van der Waals surface area (Å²) in [6.07, 6.45) is 1.43. The molecule has 1 fully saturated rings. The molecule has 0 spiro atoms. The topological polar surface area (TPSA) is 65.2 Å². The Labute approximate surface area is 156 Å². The molecule has 0 bridgehead atoms. The number of hydrogen-bond donors (Lipinski definition) is 2. The second-order valence-corrected chi connectivity index (χ2v) is 6.98. The van der Waals surface area contributed by atoms with Crippen molar-refractivity contribution in [3.05, 3.63) is 57.3 Å². The molecule has 3 rings (SSSR count). The monoisotopic (exact) mass is 379 g/mol. The molecule has 2 amide bonds. The summed E-state index contributed by atoms with van der Waals surface area (Å²) >= 11 is 11.7. The number of nitrogens with zero attached hydrogens (tertiary/aromatic N) is 1.